The van der Waals surface area contributed by atoms with Gasteiger partial charge in [-0.15, -0.1) is 0 Å². The maximum absolute atomic E-state index is 3.52. The summed E-state index contributed by atoms with van der Waals surface area (Å²) in [5.41, 5.74) is 0. The van der Waals surface area contributed by atoms with Gasteiger partial charge in [0.05, 0.1) is 0 Å². The Morgan fingerprint density at radius 1 is 1.18 bits per heavy atom. The van der Waals surface area contributed by atoms with E-state index >= 15 is 0 Å². The van der Waals surface area contributed by atoms with Gasteiger partial charge in [-0.05, 0) is 43.7 Å². The molecular formula is C10H19N. The molecule has 1 N–H and O–H groups in total. The van der Waals surface area contributed by atoms with E-state index in [0.717, 1.165) is 17.8 Å². The van der Waals surface area contributed by atoms with Crippen molar-refractivity contribution in [3.8, 4) is 0 Å². The van der Waals surface area contributed by atoms with Crippen LogP contribution in [0.5, 0.6) is 0 Å². The molecule has 2 fully saturated rings. The van der Waals surface area contributed by atoms with Gasteiger partial charge in [-0.3, -0.25) is 0 Å². The fourth-order valence-corrected chi connectivity index (χ4v) is 2.27. The Kier molecular flexibility index (Phi) is 2.17. The SMILES string of the molecule is CC1CNCC(CC2CC2)C1. The lowest BCUT2D eigenvalue weighted by Gasteiger charge is -2.27. The molecule has 0 bridgehead atoms. The van der Waals surface area contributed by atoms with Gasteiger partial charge >= 0.3 is 0 Å². The van der Waals surface area contributed by atoms with E-state index in [9.17, 15) is 0 Å². The smallest absolute Gasteiger partial charge is 0.00202 e. The maximum atomic E-state index is 3.52. The molecule has 1 saturated heterocycles. The van der Waals surface area contributed by atoms with E-state index in [-0.39, 0.29) is 0 Å². The lowest BCUT2D eigenvalue weighted by atomic mass is 9.88. The van der Waals surface area contributed by atoms with Crippen molar-refractivity contribution in [1.29, 1.82) is 0 Å². The molecule has 1 saturated carbocycles. The molecule has 2 atom stereocenters. The molecule has 1 heteroatoms. The number of hydrogen-bond donors (Lipinski definition) is 1. The Hall–Kier alpha value is -0.0400. The fourth-order valence-electron chi connectivity index (χ4n) is 2.27. The summed E-state index contributed by atoms with van der Waals surface area (Å²) in [4.78, 5) is 0. The average Bonchev–Trinajstić information content (AvgIpc) is 2.71. The minimum Gasteiger partial charge on any atom is -0.316 e. The van der Waals surface area contributed by atoms with Crippen LogP contribution in [-0.4, -0.2) is 13.1 Å². The zero-order valence-electron chi connectivity index (χ0n) is 7.47. The van der Waals surface area contributed by atoms with E-state index in [0.29, 0.717) is 0 Å². The van der Waals surface area contributed by atoms with Crippen molar-refractivity contribution >= 4 is 0 Å². The van der Waals surface area contributed by atoms with Gasteiger partial charge in [-0.2, -0.15) is 0 Å². The molecule has 2 unspecified atom stereocenters. The van der Waals surface area contributed by atoms with Crippen molar-refractivity contribution in [2.24, 2.45) is 17.8 Å². The molecule has 2 rings (SSSR count). The van der Waals surface area contributed by atoms with Crippen molar-refractivity contribution in [2.45, 2.75) is 32.6 Å². The summed E-state index contributed by atoms with van der Waals surface area (Å²) in [6.07, 6.45) is 6.02. The predicted octanol–water partition coefficient (Wildman–Crippen LogP) is 2.03. The van der Waals surface area contributed by atoms with Crippen molar-refractivity contribution < 1.29 is 0 Å². The van der Waals surface area contributed by atoms with Crippen molar-refractivity contribution in [3.05, 3.63) is 0 Å². The van der Waals surface area contributed by atoms with Gasteiger partial charge in [-0.1, -0.05) is 19.8 Å². The van der Waals surface area contributed by atoms with Gasteiger partial charge in [-0.25, -0.2) is 0 Å². The van der Waals surface area contributed by atoms with E-state index in [2.05, 4.69) is 12.2 Å². The molecule has 1 aliphatic heterocycles. The fraction of sp³-hybridized carbons (Fsp3) is 1.00. The van der Waals surface area contributed by atoms with Crippen LogP contribution >= 0.6 is 0 Å². The second-order valence-electron chi connectivity index (χ2n) is 4.54. The molecule has 0 aromatic carbocycles. The summed E-state index contributed by atoms with van der Waals surface area (Å²) >= 11 is 0. The van der Waals surface area contributed by atoms with Crippen molar-refractivity contribution in [2.75, 3.05) is 13.1 Å². The highest BCUT2D eigenvalue weighted by Gasteiger charge is 2.27. The van der Waals surface area contributed by atoms with Crippen molar-refractivity contribution in [1.82, 2.24) is 5.32 Å². The largest absolute Gasteiger partial charge is 0.316 e. The molecule has 1 aliphatic carbocycles. The number of hydrogen-bond acceptors (Lipinski definition) is 1. The normalized spacial score (nSPS) is 39.0. The summed E-state index contributed by atoms with van der Waals surface area (Å²) in [7, 11) is 0. The standard InChI is InChI=1S/C10H19N/c1-8-4-10(7-11-6-8)5-9-2-3-9/h8-11H,2-7H2,1H3. The predicted molar refractivity (Wildman–Crippen MR) is 47.5 cm³/mol. The van der Waals surface area contributed by atoms with Gasteiger partial charge in [0, 0.05) is 0 Å². The van der Waals surface area contributed by atoms with Crippen molar-refractivity contribution in [3.63, 3.8) is 0 Å². The quantitative estimate of drug-likeness (QED) is 0.640. The third-order valence-corrected chi connectivity index (χ3v) is 3.03. The highest BCUT2D eigenvalue weighted by Crippen LogP contribution is 2.37. The molecule has 0 amide bonds. The van der Waals surface area contributed by atoms with Crippen LogP contribution in [0.3, 0.4) is 0 Å². The minimum atomic E-state index is 0.924. The van der Waals surface area contributed by atoms with E-state index in [4.69, 9.17) is 0 Å². The Morgan fingerprint density at radius 2 is 2.00 bits per heavy atom. The summed E-state index contributed by atoms with van der Waals surface area (Å²) in [5, 5.41) is 3.52. The van der Waals surface area contributed by atoms with Crippen LogP contribution < -0.4 is 5.32 Å². The molecule has 1 nitrogen and oxygen atoms in total. The molecule has 1 heterocycles. The Balaban J connectivity index is 1.73. The van der Waals surface area contributed by atoms with Gasteiger partial charge in [0.15, 0.2) is 0 Å². The Bertz CT molecular complexity index is 127. The maximum Gasteiger partial charge on any atom is -0.00202 e. The Labute approximate surface area is 69.6 Å². The first kappa shape index (κ1) is 7.60. The van der Waals surface area contributed by atoms with E-state index in [1.165, 1.54) is 38.8 Å². The van der Waals surface area contributed by atoms with Gasteiger partial charge in [0.25, 0.3) is 0 Å². The number of nitrogens with one attached hydrogen (secondary N) is 1. The highest BCUT2D eigenvalue weighted by molar-refractivity contribution is 4.81. The molecule has 0 radical (unpaired) electrons. The zero-order chi connectivity index (χ0) is 7.68. The first-order valence-electron chi connectivity index (χ1n) is 5.05. The summed E-state index contributed by atoms with van der Waals surface area (Å²) in [6, 6.07) is 0. The molecule has 0 aromatic rings. The van der Waals surface area contributed by atoms with Crippen LogP contribution in [0.1, 0.15) is 32.6 Å². The lowest BCUT2D eigenvalue weighted by Crippen LogP contribution is -2.35. The molecule has 0 spiro atoms. The molecule has 64 valence electrons. The van der Waals surface area contributed by atoms with Crippen LogP contribution in [0.25, 0.3) is 0 Å². The molecule has 11 heavy (non-hydrogen) atoms. The van der Waals surface area contributed by atoms with Crippen LogP contribution in [0.15, 0.2) is 0 Å². The van der Waals surface area contributed by atoms with Gasteiger partial charge in [0.1, 0.15) is 0 Å². The number of rotatable bonds is 2. The minimum absolute atomic E-state index is 0.924. The first-order valence-corrected chi connectivity index (χ1v) is 5.05. The lowest BCUT2D eigenvalue weighted by molar-refractivity contribution is 0.280. The summed E-state index contributed by atoms with van der Waals surface area (Å²) < 4.78 is 0. The van der Waals surface area contributed by atoms with E-state index in [1.54, 1.807) is 0 Å². The second-order valence-corrected chi connectivity index (χ2v) is 4.54. The number of piperidine rings is 1. The van der Waals surface area contributed by atoms with Crippen LogP contribution in [-0.2, 0) is 0 Å². The first-order chi connectivity index (χ1) is 5.34. The van der Waals surface area contributed by atoms with Gasteiger partial charge < -0.3 is 5.32 Å². The third-order valence-electron chi connectivity index (χ3n) is 3.03. The average molecular weight is 153 g/mol. The second kappa shape index (κ2) is 3.14. The topological polar surface area (TPSA) is 12.0 Å². The zero-order valence-corrected chi connectivity index (χ0v) is 7.47. The van der Waals surface area contributed by atoms with Crippen LogP contribution in [0.2, 0.25) is 0 Å². The highest BCUT2D eigenvalue weighted by atomic mass is 14.9. The van der Waals surface area contributed by atoms with E-state index in [1.807, 2.05) is 0 Å². The third kappa shape index (κ3) is 2.19. The van der Waals surface area contributed by atoms with Crippen LogP contribution in [0, 0.1) is 17.8 Å². The molecule has 2 aliphatic rings. The molecule has 0 aromatic heterocycles. The van der Waals surface area contributed by atoms with E-state index < -0.39 is 0 Å². The molecular weight excluding hydrogens is 134 g/mol. The van der Waals surface area contributed by atoms with Crippen LogP contribution in [0.4, 0.5) is 0 Å². The summed E-state index contributed by atoms with van der Waals surface area (Å²) in [6.45, 7) is 4.91. The Morgan fingerprint density at radius 3 is 2.64 bits per heavy atom. The van der Waals surface area contributed by atoms with Gasteiger partial charge in [0.2, 0.25) is 0 Å². The summed E-state index contributed by atoms with van der Waals surface area (Å²) in [5.74, 6) is 3.05. The monoisotopic (exact) mass is 153 g/mol.